The van der Waals surface area contributed by atoms with Crippen LogP contribution in [0.1, 0.15) is 18.4 Å². The summed E-state index contributed by atoms with van der Waals surface area (Å²) in [5, 5.41) is 26.0. The molecule has 2 rings (SSSR count). The predicted octanol–water partition coefficient (Wildman–Crippen LogP) is 1.58. The minimum absolute atomic E-state index is 0.140. The first-order chi connectivity index (χ1) is 8.63. The van der Waals surface area contributed by atoms with E-state index in [9.17, 15) is 4.79 Å². The van der Waals surface area contributed by atoms with E-state index in [-0.39, 0.29) is 6.61 Å². The molecule has 1 aromatic carbocycles. The predicted molar refractivity (Wildman–Crippen MR) is 67.9 cm³/mol. The van der Waals surface area contributed by atoms with Gasteiger partial charge in [0.2, 0.25) is 0 Å². The second kappa shape index (κ2) is 7.63. The Kier molecular flexibility index (Phi) is 6.11. The van der Waals surface area contributed by atoms with E-state index >= 15 is 0 Å². The second-order valence-electron chi connectivity index (χ2n) is 4.14. The van der Waals surface area contributed by atoms with E-state index in [1.165, 1.54) is 0 Å². The lowest BCUT2D eigenvalue weighted by molar-refractivity contribution is -0.141. The van der Waals surface area contributed by atoms with Crippen molar-refractivity contribution in [3.8, 4) is 0 Å². The van der Waals surface area contributed by atoms with Gasteiger partial charge in [-0.1, -0.05) is 42.5 Å². The van der Waals surface area contributed by atoms with Crippen LogP contribution in [0.15, 0.2) is 42.5 Å². The maximum absolute atomic E-state index is 10.3. The average Bonchev–Trinajstić information content (AvgIpc) is 2.40. The summed E-state index contributed by atoms with van der Waals surface area (Å²) in [5.74, 6) is -1.33. The molecule has 1 aliphatic rings. The van der Waals surface area contributed by atoms with Gasteiger partial charge in [-0.25, -0.2) is 0 Å². The normalized spacial score (nSPS) is 21.9. The molecule has 0 spiro atoms. The molecule has 4 nitrogen and oxygen atoms in total. The van der Waals surface area contributed by atoms with Gasteiger partial charge in [0.25, 0.3) is 0 Å². The summed E-state index contributed by atoms with van der Waals surface area (Å²) < 4.78 is 0. The summed E-state index contributed by atoms with van der Waals surface area (Å²) in [7, 11) is 0. The highest BCUT2D eigenvalue weighted by atomic mass is 16.4. The Morgan fingerprint density at radius 2 is 1.94 bits per heavy atom. The Bertz CT molecular complexity index is 386. The lowest BCUT2D eigenvalue weighted by Gasteiger charge is -2.16. The fourth-order valence-electron chi connectivity index (χ4n) is 1.63. The Hall–Kier alpha value is -1.65. The molecule has 0 bridgehead atoms. The van der Waals surface area contributed by atoms with E-state index in [4.69, 9.17) is 15.3 Å². The van der Waals surface area contributed by atoms with Crippen LogP contribution in [0.5, 0.6) is 0 Å². The minimum Gasteiger partial charge on any atom is -0.481 e. The monoisotopic (exact) mass is 250 g/mol. The number of carboxylic acid groups (broad SMARTS) is 1. The number of hydrogen-bond acceptors (Lipinski definition) is 3. The van der Waals surface area contributed by atoms with Crippen molar-refractivity contribution in [1.82, 2.24) is 0 Å². The van der Waals surface area contributed by atoms with Gasteiger partial charge in [0.15, 0.2) is 0 Å². The van der Waals surface area contributed by atoms with E-state index in [1.807, 2.05) is 30.3 Å². The summed E-state index contributed by atoms with van der Waals surface area (Å²) in [5.41, 5.74) is 0.965. The van der Waals surface area contributed by atoms with Crippen LogP contribution in [-0.2, 0) is 11.4 Å². The molecule has 0 radical (unpaired) electrons. The fraction of sp³-hybridized carbons (Fsp3) is 0.357. The van der Waals surface area contributed by atoms with Crippen molar-refractivity contribution in [1.29, 1.82) is 0 Å². The summed E-state index contributed by atoms with van der Waals surface area (Å²) >= 11 is 0. The highest BCUT2D eigenvalue weighted by molar-refractivity contribution is 5.72. The number of hydrogen-bond donors (Lipinski definition) is 3. The highest BCUT2D eigenvalue weighted by Crippen LogP contribution is 2.17. The van der Waals surface area contributed by atoms with Gasteiger partial charge >= 0.3 is 5.97 Å². The molecule has 1 aliphatic carbocycles. The van der Waals surface area contributed by atoms with Crippen molar-refractivity contribution in [3.63, 3.8) is 0 Å². The fourth-order valence-corrected chi connectivity index (χ4v) is 1.63. The highest BCUT2D eigenvalue weighted by Gasteiger charge is 2.20. The number of aliphatic hydroxyl groups is 2. The van der Waals surface area contributed by atoms with Crippen LogP contribution in [0.3, 0.4) is 0 Å². The number of aliphatic hydroxyl groups excluding tert-OH is 2. The van der Waals surface area contributed by atoms with Crippen molar-refractivity contribution < 1.29 is 20.1 Å². The number of carbonyl (C=O) groups is 1. The Labute approximate surface area is 106 Å². The zero-order valence-corrected chi connectivity index (χ0v) is 10.1. The second-order valence-corrected chi connectivity index (χ2v) is 4.14. The van der Waals surface area contributed by atoms with Crippen molar-refractivity contribution >= 4 is 5.97 Å². The zero-order chi connectivity index (χ0) is 13.4. The summed E-state index contributed by atoms with van der Waals surface area (Å²) in [4.78, 5) is 10.3. The maximum Gasteiger partial charge on any atom is 0.310 e. The number of carboxylic acids is 1. The van der Waals surface area contributed by atoms with Crippen LogP contribution in [0.2, 0.25) is 0 Å². The molecule has 0 unspecified atom stereocenters. The molecule has 3 N–H and O–H groups in total. The smallest absolute Gasteiger partial charge is 0.310 e. The van der Waals surface area contributed by atoms with Gasteiger partial charge in [-0.15, -0.1) is 0 Å². The van der Waals surface area contributed by atoms with Gasteiger partial charge in [-0.3, -0.25) is 4.79 Å². The lowest BCUT2D eigenvalue weighted by Crippen LogP contribution is -2.21. The Morgan fingerprint density at radius 3 is 2.33 bits per heavy atom. The van der Waals surface area contributed by atoms with E-state index in [0.717, 1.165) is 5.56 Å². The van der Waals surface area contributed by atoms with Gasteiger partial charge in [0, 0.05) is 0 Å². The number of benzene rings is 1. The Morgan fingerprint density at radius 1 is 1.28 bits per heavy atom. The number of rotatable bonds is 2. The van der Waals surface area contributed by atoms with Crippen LogP contribution in [0.4, 0.5) is 0 Å². The molecule has 0 aromatic heterocycles. The van der Waals surface area contributed by atoms with Crippen molar-refractivity contribution in [3.05, 3.63) is 48.0 Å². The van der Waals surface area contributed by atoms with E-state index in [0.29, 0.717) is 12.8 Å². The van der Waals surface area contributed by atoms with Gasteiger partial charge in [0.1, 0.15) is 0 Å². The van der Waals surface area contributed by atoms with Crippen molar-refractivity contribution in [2.75, 3.05) is 0 Å². The summed E-state index contributed by atoms with van der Waals surface area (Å²) in [6.45, 7) is 0.140. The van der Waals surface area contributed by atoms with Gasteiger partial charge in [-0.2, -0.15) is 0 Å². The third-order valence-corrected chi connectivity index (χ3v) is 2.65. The largest absolute Gasteiger partial charge is 0.481 e. The minimum atomic E-state index is -0.852. The van der Waals surface area contributed by atoms with Crippen LogP contribution >= 0.6 is 0 Å². The van der Waals surface area contributed by atoms with Crippen LogP contribution in [0.25, 0.3) is 0 Å². The molecular formula is C14H18O4. The Balaban J connectivity index is 0.000000184. The van der Waals surface area contributed by atoms with Gasteiger partial charge in [0.05, 0.1) is 18.6 Å². The molecule has 18 heavy (non-hydrogen) atoms. The third kappa shape index (κ3) is 5.12. The molecule has 0 amide bonds. The molecule has 0 saturated heterocycles. The van der Waals surface area contributed by atoms with Crippen LogP contribution in [0, 0.1) is 5.92 Å². The molecule has 0 fully saturated rings. The molecule has 2 atom stereocenters. The molecule has 98 valence electrons. The zero-order valence-electron chi connectivity index (χ0n) is 10.1. The van der Waals surface area contributed by atoms with Crippen molar-refractivity contribution in [2.24, 2.45) is 5.92 Å². The van der Waals surface area contributed by atoms with E-state index < -0.39 is 18.0 Å². The lowest BCUT2D eigenvalue weighted by atomic mass is 9.94. The summed E-state index contributed by atoms with van der Waals surface area (Å²) in [6, 6.07) is 9.52. The van der Waals surface area contributed by atoms with Crippen LogP contribution < -0.4 is 0 Å². The van der Waals surface area contributed by atoms with Crippen LogP contribution in [-0.4, -0.2) is 27.4 Å². The molecule has 1 aromatic rings. The third-order valence-electron chi connectivity index (χ3n) is 2.65. The number of aliphatic carboxylic acids is 1. The first kappa shape index (κ1) is 14.4. The quantitative estimate of drug-likeness (QED) is 0.696. The molecule has 0 saturated carbocycles. The molecular weight excluding hydrogens is 232 g/mol. The molecule has 0 aliphatic heterocycles. The SMILES string of the molecule is O=C(O)[C@@H]1C=CC[C@H](O)C1.OCc1ccccc1. The first-order valence-electron chi connectivity index (χ1n) is 5.85. The topological polar surface area (TPSA) is 77.8 Å². The first-order valence-corrected chi connectivity index (χ1v) is 5.85. The average molecular weight is 250 g/mol. The molecule has 4 heteroatoms. The maximum atomic E-state index is 10.3. The van der Waals surface area contributed by atoms with Gasteiger partial charge < -0.3 is 15.3 Å². The van der Waals surface area contributed by atoms with E-state index in [1.54, 1.807) is 12.2 Å². The van der Waals surface area contributed by atoms with Gasteiger partial charge in [-0.05, 0) is 18.4 Å². The summed E-state index contributed by atoms with van der Waals surface area (Å²) in [6.07, 6.45) is 3.82. The molecule has 0 heterocycles. The van der Waals surface area contributed by atoms with Crippen molar-refractivity contribution in [2.45, 2.75) is 25.6 Å². The van der Waals surface area contributed by atoms with E-state index in [2.05, 4.69) is 0 Å². The standard InChI is InChI=1S/C7H10O3.C7H8O/c8-6-3-1-2-5(4-6)7(9)10;8-6-7-4-2-1-3-5-7/h1-2,5-6,8H,3-4H2,(H,9,10);1-5,8H,6H2/t5-,6+;/m1./s1.